The lowest BCUT2D eigenvalue weighted by Gasteiger charge is -2.32. The van der Waals surface area contributed by atoms with Gasteiger partial charge in [-0.1, -0.05) is 18.2 Å². The van der Waals surface area contributed by atoms with Crippen LogP contribution >= 0.6 is 0 Å². The highest BCUT2D eigenvalue weighted by Gasteiger charge is 2.63. The topological polar surface area (TPSA) is 82.1 Å². The van der Waals surface area contributed by atoms with Crippen molar-refractivity contribution in [1.29, 1.82) is 0 Å². The minimum absolute atomic E-state index is 0.0270. The van der Waals surface area contributed by atoms with Crippen molar-refractivity contribution in [1.82, 2.24) is 5.06 Å². The number of sulfone groups is 1. The number of hydroxylamine groups is 2. The molecule has 0 unspecified atom stereocenters. The summed E-state index contributed by atoms with van der Waals surface area (Å²) in [5.74, 6) is -0.891. The Hall–Kier alpha value is -1.48. The summed E-state index contributed by atoms with van der Waals surface area (Å²) in [4.78, 5) is 15.6. The number of methoxy groups -OCH3 is 2. The SMILES string of the molecule is COC(=O)[C@]1(S(=O)(=O)c2ccccc2)C[C@H](OC)CN1OC. The number of esters is 1. The normalized spacial score (nSPS) is 26.0. The van der Waals surface area contributed by atoms with E-state index in [-0.39, 0.29) is 17.9 Å². The van der Waals surface area contributed by atoms with E-state index < -0.39 is 26.8 Å². The second-order valence-corrected chi connectivity index (χ2v) is 7.05. The Labute approximate surface area is 129 Å². The number of rotatable bonds is 5. The summed E-state index contributed by atoms with van der Waals surface area (Å²) < 4.78 is 36.2. The van der Waals surface area contributed by atoms with E-state index in [0.717, 1.165) is 12.2 Å². The third-order valence-corrected chi connectivity index (χ3v) is 6.15. The summed E-state index contributed by atoms with van der Waals surface area (Å²) >= 11 is 0. The first-order valence-electron chi connectivity index (χ1n) is 6.66. The molecule has 2 atom stereocenters. The van der Waals surface area contributed by atoms with Gasteiger partial charge >= 0.3 is 5.97 Å². The molecule has 0 bridgehead atoms. The van der Waals surface area contributed by atoms with Gasteiger partial charge in [0.1, 0.15) is 0 Å². The van der Waals surface area contributed by atoms with Crippen molar-refractivity contribution in [3.63, 3.8) is 0 Å². The van der Waals surface area contributed by atoms with Gasteiger partial charge in [-0.15, -0.1) is 0 Å². The van der Waals surface area contributed by atoms with Gasteiger partial charge in [0.05, 0.1) is 31.8 Å². The molecule has 2 rings (SSSR count). The maximum absolute atomic E-state index is 13.1. The molecule has 1 aliphatic rings. The molecule has 0 N–H and O–H groups in total. The van der Waals surface area contributed by atoms with Crippen molar-refractivity contribution < 1.29 is 27.5 Å². The smallest absolute Gasteiger partial charge is 0.344 e. The van der Waals surface area contributed by atoms with Crippen LogP contribution in [0.1, 0.15) is 6.42 Å². The van der Waals surface area contributed by atoms with Gasteiger partial charge in [0, 0.05) is 13.5 Å². The van der Waals surface area contributed by atoms with E-state index >= 15 is 0 Å². The van der Waals surface area contributed by atoms with Crippen molar-refractivity contribution >= 4 is 15.8 Å². The maximum Gasteiger partial charge on any atom is 0.344 e. The number of benzene rings is 1. The molecule has 22 heavy (non-hydrogen) atoms. The fourth-order valence-corrected chi connectivity index (χ4v) is 4.71. The Morgan fingerprint density at radius 1 is 1.23 bits per heavy atom. The third-order valence-electron chi connectivity index (χ3n) is 3.83. The van der Waals surface area contributed by atoms with Gasteiger partial charge in [0.25, 0.3) is 4.87 Å². The first-order chi connectivity index (χ1) is 10.4. The van der Waals surface area contributed by atoms with E-state index in [4.69, 9.17) is 14.3 Å². The molecule has 1 saturated heterocycles. The van der Waals surface area contributed by atoms with Crippen molar-refractivity contribution in [2.75, 3.05) is 27.9 Å². The van der Waals surface area contributed by atoms with Crippen LogP contribution in [-0.4, -0.2) is 58.3 Å². The highest BCUT2D eigenvalue weighted by Crippen LogP contribution is 2.40. The molecule has 1 fully saturated rings. The van der Waals surface area contributed by atoms with Gasteiger partial charge in [-0.3, -0.25) is 0 Å². The van der Waals surface area contributed by atoms with Crippen LogP contribution in [0.4, 0.5) is 0 Å². The molecule has 0 aliphatic carbocycles. The lowest BCUT2D eigenvalue weighted by atomic mass is 10.2. The average Bonchev–Trinajstić information content (AvgIpc) is 2.95. The monoisotopic (exact) mass is 329 g/mol. The number of nitrogens with zero attached hydrogens (tertiary/aromatic N) is 1. The Morgan fingerprint density at radius 2 is 1.86 bits per heavy atom. The van der Waals surface area contributed by atoms with E-state index in [2.05, 4.69) is 0 Å². The van der Waals surface area contributed by atoms with Crippen LogP contribution in [0.15, 0.2) is 35.2 Å². The summed E-state index contributed by atoms with van der Waals surface area (Å²) in [5, 5.41) is 1.12. The number of carbonyl (C=O) groups excluding carboxylic acids is 1. The molecule has 0 spiro atoms. The van der Waals surface area contributed by atoms with Crippen molar-refractivity contribution in [3.8, 4) is 0 Å². The summed E-state index contributed by atoms with van der Waals surface area (Å²) in [6.45, 7) is 0.147. The predicted octanol–water partition coefficient (Wildman–Crippen LogP) is 0.612. The van der Waals surface area contributed by atoms with E-state index in [1.54, 1.807) is 18.2 Å². The molecule has 1 heterocycles. The Kier molecular flexibility index (Phi) is 4.86. The molecule has 8 heteroatoms. The van der Waals surface area contributed by atoms with Gasteiger partial charge in [-0.05, 0) is 12.1 Å². The van der Waals surface area contributed by atoms with Crippen LogP contribution in [0.3, 0.4) is 0 Å². The lowest BCUT2D eigenvalue weighted by molar-refractivity contribution is -0.185. The quantitative estimate of drug-likeness (QED) is 0.732. The molecule has 122 valence electrons. The van der Waals surface area contributed by atoms with E-state index in [1.807, 2.05) is 0 Å². The second-order valence-electron chi connectivity index (χ2n) is 4.90. The van der Waals surface area contributed by atoms with Crippen molar-refractivity contribution in [2.24, 2.45) is 0 Å². The fourth-order valence-electron chi connectivity index (χ4n) is 2.68. The van der Waals surface area contributed by atoms with Crippen molar-refractivity contribution in [2.45, 2.75) is 22.3 Å². The molecule has 0 saturated carbocycles. The minimum atomic E-state index is -4.07. The molecule has 7 nitrogen and oxygen atoms in total. The molecule has 0 amide bonds. The molecular formula is C14H19NO6S. The average molecular weight is 329 g/mol. The predicted molar refractivity (Wildman–Crippen MR) is 77.5 cm³/mol. The zero-order chi connectivity index (χ0) is 16.4. The Morgan fingerprint density at radius 3 is 2.36 bits per heavy atom. The summed E-state index contributed by atoms with van der Waals surface area (Å²) in [6.07, 6.45) is -0.529. The largest absolute Gasteiger partial charge is 0.467 e. The van der Waals surface area contributed by atoms with Gasteiger partial charge in [-0.2, -0.15) is 5.06 Å². The van der Waals surface area contributed by atoms with Gasteiger partial charge < -0.3 is 14.3 Å². The zero-order valence-electron chi connectivity index (χ0n) is 12.7. The van der Waals surface area contributed by atoms with Gasteiger partial charge in [-0.25, -0.2) is 13.2 Å². The molecule has 0 aromatic heterocycles. The number of ether oxygens (including phenoxy) is 2. The molecule has 1 aliphatic heterocycles. The van der Waals surface area contributed by atoms with Crippen LogP contribution in [-0.2, 0) is 28.9 Å². The van der Waals surface area contributed by atoms with Crippen LogP contribution in [0.5, 0.6) is 0 Å². The Balaban J connectivity index is 2.63. The fraction of sp³-hybridized carbons (Fsp3) is 0.500. The van der Waals surface area contributed by atoms with Crippen LogP contribution in [0.2, 0.25) is 0 Å². The Bertz CT molecular complexity index is 632. The molecule has 1 aromatic rings. The highest BCUT2D eigenvalue weighted by molar-refractivity contribution is 7.93. The van der Waals surface area contributed by atoms with Crippen LogP contribution in [0, 0.1) is 0 Å². The lowest BCUT2D eigenvalue weighted by Crippen LogP contribution is -2.56. The molecule has 1 aromatic carbocycles. The highest BCUT2D eigenvalue weighted by atomic mass is 32.2. The van der Waals surface area contributed by atoms with Crippen LogP contribution in [0.25, 0.3) is 0 Å². The summed E-state index contributed by atoms with van der Waals surface area (Å²) in [6, 6.07) is 7.77. The van der Waals surface area contributed by atoms with Crippen LogP contribution < -0.4 is 0 Å². The number of hydrogen-bond acceptors (Lipinski definition) is 7. The molecule has 0 radical (unpaired) electrons. The summed E-state index contributed by atoms with van der Waals surface area (Å²) in [7, 11) is -0.143. The standard InChI is InChI=1S/C14H19NO6S/c1-19-11-9-14(13(16)20-2,15(10-11)21-3)22(17,18)12-7-5-4-6-8-12/h4-8,11H,9-10H2,1-3H3/t11-,14+/m0/s1. The third kappa shape index (κ3) is 2.41. The number of carbonyl (C=O) groups is 1. The zero-order valence-corrected chi connectivity index (χ0v) is 13.5. The molecular weight excluding hydrogens is 310 g/mol. The number of hydrogen-bond donors (Lipinski definition) is 0. The second kappa shape index (κ2) is 6.33. The maximum atomic E-state index is 13.1. The first-order valence-corrected chi connectivity index (χ1v) is 8.15. The van der Waals surface area contributed by atoms with E-state index in [9.17, 15) is 13.2 Å². The van der Waals surface area contributed by atoms with Gasteiger partial charge in [0.15, 0.2) is 0 Å². The minimum Gasteiger partial charge on any atom is -0.467 e. The van der Waals surface area contributed by atoms with E-state index in [0.29, 0.717) is 0 Å². The van der Waals surface area contributed by atoms with Gasteiger partial charge in [0.2, 0.25) is 9.84 Å². The van der Waals surface area contributed by atoms with Crippen molar-refractivity contribution in [3.05, 3.63) is 30.3 Å². The first kappa shape index (κ1) is 16.9. The summed E-state index contributed by atoms with van der Waals surface area (Å²) in [5.41, 5.74) is 0. The van der Waals surface area contributed by atoms with E-state index in [1.165, 1.54) is 26.4 Å².